The number of rotatable bonds is 7. The van der Waals surface area contributed by atoms with Crippen LogP contribution in [0.5, 0.6) is 0 Å². The molecule has 4 rings (SSSR count). The highest BCUT2D eigenvalue weighted by Crippen LogP contribution is 2.16. The lowest BCUT2D eigenvalue weighted by molar-refractivity contribution is -0.128. The van der Waals surface area contributed by atoms with Gasteiger partial charge in [0.2, 0.25) is 5.91 Å². The van der Waals surface area contributed by atoms with Crippen molar-refractivity contribution in [1.82, 2.24) is 30.3 Å². The fourth-order valence-corrected chi connectivity index (χ4v) is 4.17. The number of carbonyl (C=O) groups excluding carboxylic acids is 1. The molecule has 9 nitrogen and oxygen atoms in total. The fourth-order valence-electron chi connectivity index (χ4n) is 4.17. The first-order valence-corrected chi connectivity index (χ1v) is 10.9. The Balaban J connectivity index is 0.00000289. The number of nitrogens with zero attached hydrogens (tertiary/aromatic N) is 5. The number of halogens is 1. The average Bonchev–Trinajstić information content (AvgIpc) is 3.36. The Kier molecular flexibility index (Phi) is 8.85. The number of carbonyl (C=O) groups is 1. The van der Waals surface area contributed by atoms with Crippen molar-refractivity contribution in [2.75, 3.05) is 20.7 Å². The predicted molar refractivity (Wildman–Crippen MR) is 133 cm³/mol. The van der Waals surface area contributed by atoms with Crippen LogP contribution in [0.1, 0.15) is 42.0 Å². The number of aromatic nitrogens is 3. The van der Waals surface area contributed by atoms with Crippen molar-refractivity contribution in [3.8, 4) is 0 Å². The number of hydrogen-bond acceptors (Lipinski definition) is 5. The number of aliphatic imine (C=N–C) groups is 1. The number of guanidine groups is 1. The first-order valence-electron chi connectivity index (χ1n) is 10.9. The van der Waals surface area contributed by atoms with Crippen LogP contribution in [0, 0.1) is 0 Å². The molecule has 1 fully saturated rings. The van der Waals surface area contributed by atoms with E-state index < -0.39 is 0 Å². The minimum absolute atomic E-state index is 0. The molecule has 1 aromatic carbocycles. The largest absolute Gasteiger partial charge is 0.377 e. The minimum atomic E-state index is 0. The molecule has 2 aliphatic rings. The zero-order valence-electron chi connectivity index (χ0n) is 18.7. The molecule has 1 aromatic heterocycles. The highest BCUT2D eigenvalue weighted by Gasteiger charge is 2.22. The minimum Gasteiger partial charge on any atom is -0.377 e. The van der Waals surface area contributed by atoms with Crippen molar-refractivity contribution in [2.45, 2.75) is 58.0 Å². The lowest BCUT2D eigenvalue weighted by Gasteiger charge is -2.25. The summed E-state index contributed by atoms with van der Waals surface area (Å²) in [6.07, 6.45) is 3.50. The van der Waals surface area contributed by atoms with Gasteiger partial charge in [-0.2, -0.15) is 5.10 Å². The smallest absolute Gasteiger partial charge is 0.222 e. The summed E-state index contributed by atoms with van der Waals surface area (Å²) in [6.45, 7) is 3.41. The van der Waals surface area contributed by atoms with Crippen LogP contribution in [0.15, 0.2) is 29.3 Å². The van der Waals surface area contributed by atoms with Gasteiger partial charge in [-0.05, 0) is 24.0 Å². The van der Waals surface area contributed by atoms with Crippen molar-refractivity contribution in [3.63, 3.8) is 0 Å². The molecule has 0 spiro atoms. The molecule has 2 aliphatic heterocycles. The molecule has 0 saturated carbocycles. The number of hydrogen-bond donors (Lipinski definition) is 2. The molecular weight excluding hydrogens is 521 g/mol. The normalized spacial score (nSPS) is 18.3. The standard InChI is InChI=1S/C22H31N7O2.HI/c1-23-22(25-18-8-9-20-26-19(15-31-2)27-29(20)14-18)24-12-16-5-3-6-17(11-16)13-28-10-4-7-21(28)30;/h3,5-6,11,18H,4,7-10,12-15H2,1-2H3,(H2,23,24,25);1H. The van der Waals surface area contributed by atoms with Gasteiger partial charge in [-0.25, -0.2) is 9.67 Å². The lowest BCUT2D eigenvalue weighted by Crippen LogP contribution is -2.46. The highest BCUT2D eigenvalue weighted by atomic mass is 127. The van der Waals surface area contributed by atoms with E-state index in [4.69, 9.17) is 4.74 Å². The molecule has 2 N–H and O–H groups in total. The maximum atomic E-state index is 11.9. The molecule has 3 heterocycles. The Labute approximate surface area is 206 Å². The van der Waals surface area contributed by atoms with Crippen LogP contribution in [0.3, 0.4) is 0 Å². The summed E-state index contributed by atoms with van der Waals surface area (Å²) in [5.41, 5.74) is 2.33. The van der Waals surface area contributed by atoms with Crippen LogP contribution in [0.25, 0.3) is 0 Å². The van der Waals surface area contributed by atoms with Crippen molar-refractivity contribution in [2.24, 2.45) is 4.99 Å². The maximum Gasteiger partial charge on any atom is 0.222 e. The molecule has 0 aliphatic carbocycles. The summed E-state index contributed by atoms with van der Waals surface area (Å²) in [6, 6.07) is 8.62. The van der Waals surface area contributed by atoms with Crippen molar-refractivity contribution >= 4 is 35.8 Å². The molecule has 174 valence electrons. The monoisotopic (exact) mass is 553 g/mol. The topological polar surface area (TPSA) is 96.7 Å². The Morgan fingerprint density at radius 2 is 2.16 bits per heavy atom. The molecular formula is C22H32IN7O2. The summed E-state index contributed by atoms with van der Waals surface area (Å²) in [5, 5.41) is 11.4. The van der Waals surface area contributed by atoms with E-state index in [0.717, 1.165) is 55.5 Å². The van der Waals surface area contributed by atoms with Crippen molar-refractivity contribution in [1.29, 1.82) is 0 Å². The summed E-state index contributed by atoms with van der Waals surface area (Å²) < 4.78 is 7.10. The highest BCUT2D eigenvalue weighted by molar-refractivity contribution is 14.0. The third kappa shape index (κ3) is 6.18. The fraction of sp³-hybridized carbons (Fsp3) is 0.545. The van der Waals surface area contributed by atoms with Gasteiger partial charge in [0.25, 0.3) is 0 Å². The summed E-state index contributed by atoms with van der Waals surface area (Å²) in [5.74, 6) is 2.77. The van der Waals surface area contributed by atoms with E-state index >= 15 is 0 Å². The van der Waals surface area contributed by atoms with E-state index in [1.54, 1.807) is 14.2 Å². The SMILES string of the molecule is CN=C(NCc1cccc(CN2CCCC2=O)c1)NC1CCc2nc(COC)nn2C1.I. The predicted octanol–water partition coefficient (Wildman–Crippen LogP) is 1.84. The molecule has 0 bridgehead atoms. The molecule has 1 unspecified atom stereocenters. The second-order valence-corrected chi connectivity index (χ2v) is 8.10. The van der Waals surface area contributed by atoms with E-state index in [9.17, 15) is 4.79 Å². The molecule has 0 radical (unpaired) electrons. The van der Waals surface area contributed by atoms with Crippen LogP contribution in [-0.4, -0.2) is 58.3 Å². The zero-order chi connectivity index (χ0) is 21.6. The van der Waals surface area contributed by atoms with E-state index in [1.165, 1.54) is 5.56 Å². The second kappa shape index (κ2) is 11.6. The molecule has 2 aromatic rings. The van der Waals surface area contributed by atoms with Gasteiger partial charge < -0.3 is 20.3 Å². The Hall–Kier alpha value is -2.21. The number of ether oxygens (including phenoxy) is 1. The number of aryl methyl sites for hydroxylation is 1. The number of methoxy groups -OCH3 is 1. The Morgan fingerprint density at radius 3 is 2.91 bits per heavy atom. The van der Waals surface area contributed by atoms with Gasteiger partial charge in [-0.3, -0.25) is 9.79 Å². The average molecular weight is 553 g/mol. The van der Waals surface area contributed by atoms with Gasteiger partial charge in [0.15, 0.2) is 11.8 Å². The first kappa shape index (κ1) is 24.4. The molecule has 1 saturated heterocycles. The first-order chi connectivity index (χ1) is 15.1. The van der Waals surface area contributed by atoms with Crippen LogP contribution in [0.4, 0.5) is 0 Å². The number of nitrogens with one attached hydrogen (secondary N) is 2. The molecule has 1 atom stereocenters. The summed E-state index contributed by atoms with van der Waals surface area (Å²) in [7, 11) is 3.44. The van der Waals surface area contributed by atoms with Gasteiger partial charge in [-0.1, -0.05) is 24.3 Å². The van der Waals surface area contributed by atoms with E-state index in [1.807, 2.05) is 15.6 Å². The van der Waals surface area contributed by atoms with Gasteiger partial charge in [0.1, 0.15) is 12.4 Å². The van der Waals surface area contributed by atoms with Crippen LogP contribution in [0.2, 0.25) is 0 Å². The number of likely N-dealkylation sites (tertiary alicyclic amines) is 1. The summed E-state index contributed by atoms with van der Waals surface area (Å²) >= 11 is 0. The van der Waals surface area contributed by atoms with E-state index in [-0.39, 0.29) is 35.9 Å². The van der Waals surface area contributed by atoms with Crippen LogP contribution in [-0.2, 0) is 42.2 Å². The van der Waals surface area contributed by atoms with Gasteiger partial charge in [-0.15, -0.1) is 24.0 Å². The number of fused-ring (bicyclic) bond motifs is 1. The van der Waals surface area contributed by atoms with Crippen molar-refractivity contribution < 1.29 is 9.53 Å². The van der Waals surface area contributed by atoms with Gasteiger partial charge >= 0.3 is 0 Å². The van der Waals surface area contributed by atoms with Crippen LogP contribution >= 0.6 is 24.0 Å². The van der Waals surface area contributed by atoms with Gasteiger partial charge in [0, 0.05) is 52.7 Å². The maximum absolute atomic E-state index is 11.9. The van der Waals surface area contributed by atoms with Crippen molar-refractivity contribution in [3.05, 3.63) is 47.0 Å². The zero-order valence-corrected chi connectivity index (χ0v) is 21.0. The van der Waals surface area contributed by atoms with Crippen LogP contribution < -0.4 is 10.6 Å². The van der Waals surface area contributed by atoms with E-state index in [2.05, 4.69) is 43.9 Å². The molecule has 1 amide bonds. The Bertz CT molecular complexity index is 946. The second-order valence-electron chi connectivity index (χ2n) is 8.10. The number of benzene rings is 1. The third-order valence-electron chi connectivity index (χ3n) is 5.74. The molecule has 10 heteroatoms. The quantitative estimate of drug-likeness (QED) is 0.309. The van der Waals surface area contributed by atoms with E-state index in [0.29, 0.717) is 26.1 Å². The third-order valence-corrected chi connectivity index (χ3v) is 5.74. The number of amides is 1. The molecule has 32 heavy (non-hydrogen) atoms. The Morgan fingerprint density at radius 1 is 1.31 bits per heavy atom. The lowest BCUT2D eigenvalue weighted by atomic mass is 10.1. The van der Waals surface area contributed by atoms with Gasteiger partial charge in [0.05, 0.1) is 6.54 Å². The summed E-state index contributed by atoms with van der Waals surface area (Å²) in [4.78, 5) is 22.7.